The van der Waals surface area contributed by atoms with Crippen molar-refractivity contribution in [2.75, 3.05) is 5.32 Å². The highest BCUT2D eigenvalue weighted by Gasteiger charge is 2.10. The van der Waals surface area contributed by atoms with Crippen molar-refractivity contribution in [1.82, 2.24) is 20.6 Å². The van der Waals surface area contributed by atoms with Crippen molar-refractivity contribution in [2.45, 2.75) is 13.0 Å². The minimum Gasteiger partial charge on any atom is -0.331 e. The second-order valence-corrected chi connectivity index (χ2v) is 5.01. The minimum atomic E-state index is -0.565. The summed E-state index contributed by atoms with van der Waals surface area (Å²) in [4.78, 5) is 21.6. The Labute approximate surface area is 141 Å². The molecule has 2 aromatic rings. The number of carbonyl (C=O) groups is 1. The molecule has 0 aliphatic carbocycles. The van der Waals surface area contributed by atoms with E-state index in [0.717, 1.165) is 6.20 Å². The van der Waals surface area contributed by atoms with E-state index >= 15 is 0 Å². The van der Waals surface area contributed by atoms with Crippen molar-refractivity contribution >= 4 is 34.6 Å². The lowest BCUT2D eigenvalue weighted by molar-refractivity contribution is -0.385. The first-order chi connectivity index (χ1) is 11.4. The zero-order valence-electron chi connectivity index (χ0n) is 12.2. The molecule has 0 saturated heterocycles. The molecule has 9 nitrogen and oxygen atoms in total. The highest BCUT2D eigenvalue weighted by molar-refractivity contribution is 7.80. The van der Waals surface area contributed by atoms with Gasteiger partial charge in [-0.3, -0.25) is 30.4 Å². The van der Waals surface area contributed by atoms with Crippen molar-refractivity contribution < 1.29 is 14.1 Å². The molecule has 0 saturated carbocycles. The number of hydrogen-bond donors (Lipinski definition) is 3. The summed E-state index contributed by atoms with van der Waals surface area (Å²) < 4.78 is 14.1. The number of nitrogens with zero attached hydrogens (tertiary/aromatic N) is 3. The molecule has 126 valence electrons. The van der Waals surface area contributed by atoms with Gasteiger partial charge in [0.05, 0.1) is 11.5 Å². The van der Waals surface area contributed by atoms with Gasteiger partial charge >= 0.3 is 5.69 Å². The third-order valence-electron chi connectivity index (χ3n) is 2.82. The van der Waals surface area contributed by atoms with E-state index in [-0.39, 0.29) is 35.5 Å². The molecule has 3 N–H and O–H groups in total. The van der Waals surface area contributed by atoms with Crippen LogP contribution in [0.4, 0.5) is 15.8 Å². The Kier molecular flexibility index (Phi) is 5.73. The molecule has 1 aromatic heterocycles. The van der Waals surface area contributed by atoms with Crippen molar-refractivity contribution in [3.63, 3.8) is 0 Å². The highest BCUT2D eigenvalue weighted by Crippen LogP contribution is 2.08. The molecular weight excluding hydrogens is 339 g/mol. The maximum atomic E-state index is 12.8. The zero-order chi connectivity index (χ0) is 17.5. The quantitative estimate of drug-likeness (QED) is 0.423. The van der Waals surface area contributed by atoms with E-state index in [0.29, 0.717) is 5.69 Å². The first-order valence-corrected chi connectivity index (χ1v) is 7.13. The molecule has 1 amide bonds. The number of thiocarbonyl (C=S) groups is 1. The molecule has 24 heavy (non-hydrogen) atoms. The number of aryl methyl sites for hydroxylation is 1. The van der Waals surface area contributed by atoms with Gasteiger partial charge in [-0.25, -0.2) is 4.39 Å². The first kappa shape index (κ1) is 17.3. The summed E-state index contributed by atoms with van der Waals surface area (Å²) in [5.41, 5.74) is 5.29. The van der Waals surface area contributed by atoms with Crippen LogP contribution in [0.1, 0.15) is 6.42 Å². The summed E-state index contributed by atoms with van der Waals surface area (Å²) in [6.45, 7) is 0.180. The maximum Gasteiger partial charge on any atom is 0.306 e. The van der Waals surface area contributed by atoms with Gasteiger partial charge in [0.15, 0.2) is 5.11 Å². The molecule has 0 aliphatic rings. The topological polar surface area (TPSA) is 114 Å². The number of carbonyl (C=O) groups excluding carboxylic acids is 1. The molecule has 0 unspecified atom stereocenters. The van der Waals surface area contributed by atoms with Crippen LogP contribution in [0.5, 0.6) is 0 Å². The van der Waals surface area contributed by atoms with Crippen LogP contribution in [0.15, 0.2) is 36.7 Å². The van der Waals surface area contributed by atoms with Gasteiger partial charge in [0.2, 0.25) is 5.91 Å². The monoisotopic (exact) mass is 352 g/mol. The second-order valence-electron chi connectivity index (χ2n) is 4.60. The van der Waals surface area contributed by atoms with Crippen LogP contribution < -0.4 is 16.2 Å². The molecule has 0 atom stereocenters. The number of hydrogen-bond acceptors (Lipinski definition) is 5. The standard InChI is InChI=1S/C13H13FN6O3S/c14-9-1-3-10(4-2-9)16-13(24)18-17-12(21)5-6-19-8-11(7-15-19)20(22)23/h1-4,7-8H,5-6H2,(H,17,21)(H2,16,18,24). The highest BCUT2D eigenvalue weighted by atomic mass is 32.1. The third kappa shape index (κ3) is 5.28. The number of aromatic nitrogens is 2. The van der Waals surface area contributed by atoms with Crippen LogP contribution in [0.2, 0.25) is 0 Å². The molecule has 0 aliphatic heterocycles. The van der Waals surface area contributed by atoms with Gasteiger partial charge in [0, 0.05) is 12.1 Å². The molecule has 2 rings (SSSR count). The lowest BCUT2D eigenvalue weighted by Crippen LogP contribution is -2.44. The van der Waals surface area contributed by atoms with E-state index in [1.807, 2.05) is 0 Å². The predicted molar refractivity (Wildman–Crippen MR) is 87.4 cm³/mol. The van der Waals surface area contributed by atoms with E-state index in [1.165, 1.54) is 35.1 Å². The molecule has 1 aromatic carbocycles. The van der Waals surface area contributed by atoms with Crippen LogP contribution in [-0.2, 0) is 11.3 Å². The van der Waals surface area contributed by atoms with Crippen molar-refractivity contribution in [3.8, 4) is 0 Å². The summed E-state index contributed by atoms with van der Waals surface area (Å²) >= 11 is 4.97. The Morgan fingerprint density at radius 3 is 2.67 bits per heavy atom. The number of hydrazine groups is 1. The average Bonchev–Trinajstić information content (AvgIpc) is 3.02. The molecule has 0 radical (unpaired) electrons. The fourth-order valence-electron chi connectivity index (χ4n) is 1.67. The minimum absolute atomic E-state index is 0.0466. The van der Waals surface area contributed by atoms with Gasteiger partial charge in [-0.05, 0) is 36.5 Å². The molecule has 0 spiro atoms. The Hall–Kier alpha value is -3.08. The van der Waals surface area contributed by atoms with E-state index < -0.39 is 4.92 Å². The molecule has 0 fully saturated rings. The van der Waals surface area contributed by atoms with Crippen LogP contribution in [0, 0.1) is 15.9 Å². The number of halogens is 1. The smallest absolute Gasteiger partial charge is 0.306 e. The third-order valence-corrected chi connectivity index (χ3v) is 3.02. The number of anilines is 1. The average molecular weight is 352 g/mol. The summed E-state index contributed by atoms with van der Waals surface area (Å²) in [7, 11) is 0. The normalized spacial score (nSPS) is 10.0. The Morgan fingerprint density at radius 1 is 1.33 bits per heavy atom. The number of rotatable bonds is 5. The van der Waals surface area contributed by atoms with Crippen LogP contribution in [0.25, 0.3) is 0 Å². The molecular formula is C13H13FN6O3S. The van der Waals surface area contributed by atoms with Gasteiger partial charge < -0.3 is 5.32 Å². The summed E-state index contributed by atoms with van der Waals surface area (Å²) in [6, 6.07) is 5.53. The maximum absolute atomic E-state index is 12.8. The summed E-state index contributed by atoms with van der Waals surface area (Å²) in [6.07, 6.45) is 2.39. The lowest BCUT2D eigenvalue weighted by atomic mass is 10.3. The predicted octanol–water partition coefficient (Wildman–Crippen LogP) is 1.34. The Balaban J connectivity index is 1.71. The summed E-state index contributed by atoms with van der Waals surface area (Å²) in [5, 5.41) is 17.2. The molecule has 0 bridgehead atoms. The van der Waals surface area contributed by atoms with Crippen LogP contribution >= 0.6 is 12.2 Å². The SMILES string of the molecule is O=C(CCn1cc([N+](=O)[O-])cn1)NNC(=S)Nc1ccc(F)cc1. The number of nitro groups is 1. The van der Waals surface area contributed by atoms with Gasteiger partial charge in [-0.15, -0.1) is 0 Å². The summed E-state index contributed by atoms with van der Waals surface area (Å²) in [5.74, 6) is -0.747. The zero-order valence-corrected chi connectivity index (χ0v) is 13.0. The van der Waals surface area contributed by atoms with Crippen molar-refractivity contribution in [3.05, 3.63) is 52.6 Å². The molecule has 11 heteroatoms. The van der Waals surface area contributed by atoms with E-state index in [9.17, 15) is 19.3 Å². The van der Waals surface area contributed by atoms with E-state index in [2.05, 4.69) is 21.3 Å². The van der Waals surface area contributed by atoms with Gasteiger partial charge in [-0.1, -0.05) is 0 Å². The largest absolute Gasteiger partial charge is 0.331 e. The number of nitrogens with one attached hydrogen (secondary N) is 3. The van der Waals surface area contributed by atoms with Crippen LogP contribution in [0.3, 0.4) is 0 Å². The van der Waals surface area contributed by atoms with Crippen molar-refractivity contribution in [2.24, 2.45) is 0 Å². The van der Waals surface area contributed by atoms with Gasteiger partial charge in [-0.2, -0.15) is 5.10 Å². The van der Waals surface area contributed by atoms with Crippen molar-refractivity contribution in [1.29, 1.82) is 0 Å². The number of benzene rings is 1. The first-order valence-electron chi connectivity index (χ1n) is 6.72. The fraction of sp³-hybridized carbons (Fsp3) is 0.154. The Bertz CT molecular complexity index is 748. The molecule has 1 heterocycles. The van der Waals surface area contributed by atoms with E-state index in [1.54, 1.807) is 0 Å². The number of amides is 1. The lowest BCUT2D eigenvalue weighted by Gasteiger charge is -2.11. The van der Waals surface area contributed by atoms with E-state index in [4.69, 9.17) is 12.2 Å². The fourth-order valence-corrected chi connectivity index (χ4v) is 1.84. The van der Waals surface area contributed by atoms with Gasteiger partial charge in [0.25, 0.3) is 0 Å². The van der Waals surface area contributed by atoms with Crippen LogP contribution in [-0.4, -0.2) is 25.7 Å². The Morgan fingerprint density at radius 2 is 2.04 bits per heavy atom. The van der Waals surface area contributed by atoms with Gasteiger partial charge in [0.1, 0.15) is 18.2 Å². The second kappa shape index (κ2) is 7.97.